The molecule has 4 aliphatic carbocycles. The molecule has 2 unspecified atom stereocenters. The first-order valence-electron chi connectivity index (χ1n) is 17.4. The number of fused-ring (bicyclic) bond motifs is 5. The van der Waals surface area contributed by atoms with Crippen molar-refractivity contribution in [3.8, 4) is 0 Å². The Morgan fingerprint density at radius 1 is 0.933 bits per heavy atom. The third-order valence-corrected chi connectivity index (χ3v) is 14.4. The number of hydrogen-bond acceptors (Lipinski definition) is 9. The van der Waals surface area contributed by atoms with E-state index in [1.807, 2.05) is 6.92 Å². The summed E-state index contributed by atoms with van der Waals surface area (Å²) in [6, 6.07) is 0. The summed E-state index contributed by atoms with van der Waals surface area (Å²) in [7, 11) is 0. The molecule has 4 saturated carbocycles. The third kappa shape index (κ3) is 5.48. The molecule has 0 bridgehead atoms. The van der Waals surface area contributed by atoms with Crippen molar-refractivity contribution in [2.75, 3.05) is 6.61 Å². The zero-order valence-corrected chi connectivity index (χ0v) is 28.8. The summed E-state index contributed by atoms with van der Waals surface area (Å²) < 4.78 is 12.6. The van der Waals surface area contributed by atoms with Crippen molar-refractivity contribution < 1.29 is 45.2 Å². The van der Waals surface area contributed by atoms with Crippen LogP contribution in [0.4, 0.5) is 0 Å². The van der Waals surface area contributed by atoms with E-state index in [0.717, 1.165) is 25.7 Å². The molecule has 16 atom stereocenters. The summed E-state index contributed by atoms with van der Waals surface area (Å²) >= 11 is 0. The first-order valence-corrected chi connectivity index (χ1v) is 17.4. The zero-order valence-electron chi connectivity index (χ0n) is 28.8. The largest absolute Gasteiger partial charge is 0.394 e. The Morgan fingerprint density at radius 3 is 2.22 bits per heavy atom. The van der Waals surface area contributed by atoms with E-state index in [1.54, 1.807) is 0 Å². The van der Waals surface area contributed by atoms with Crippen molar-refractivity contribution in [2.24, 2.45) is 45.3 Å². The molecule has 0 aromatic carbocycles. The van der Waals surface area contributed by atoms with Crippen LogP contribution >= 0.6 is 0 Å². The van der Waals surface area contributed by atoms with Crippen LogP contribution in [0.1, 0.15) is 107 Å². The second-order valence-electron chi connectivity index (χ2n) is 17.5. The molecule has 7 N–H and O–H groups in total. The standard InChI is InChI=1S/C36H62O9/c1-19(2)10-9-13-36(8,43)20-11-15-34(6)26(20)21(38)16-24-33(5)14-12-25(39)32(3,4)30(33)22(17-35(24,34)7)44-31-29(42)28(41)27(40)23(18-37)45-31/h10,20-31,37-43H,9,11-18H2,1-8H3/t20?,21-,22+,23-,24-,25+,26?,27-,28+,29-,30+,31-,33-,34-,35-,36+/m1/s1. The maximum absolute atomic E-state index is 12.1. The van der Waals surface area contributed by atoms with E-state index in [9.17, 15) is 35.7 Å². The normalized spacial score (nSPS) is 52.2. The zero-order chi connectivity index (χ0) is 33.5. The van der Waals surface area contributed by atoms with Gasteiger partial charge in [0.25, 0.3) is 0 Å². The second kappa shape index (κ2) is 12.1. The van der Waals surface area contributed by atoms with E-state index >= 15 is 0 Å². The summed E-state index contributed by atoms with van der Waals surface area (Å²) in [5, 5.41) is 77.2. The molecule has 5 fully saturated rings. The van der Waals surface area contributed by atoms with E-state index in [4.69, 9.17) is 9.47 Å². The summed E-state index contributed by atoms with van der Waals surface area (Å²) in [6.45, 7) is 16.6. The fourth-order valence-corrected chi connectivity index (χ4v) is 11.9. The molecular weight excluding hydrogens is 576 g/mol. The number of ether oxygens (including phenoxy) is 2. The lowest BCUT2D eigenvalue weighted by molar-refractivity contribution is -0.346. The van der Waals surface area contributed by atoms with E-state index in [1.165, 1.54) is 5.57 Å². The number of hydrogen-bond donors (Lipinski definition) is 7. The minimum absolute atomic E-state index is 0.0548. The summed E-state index contributed by atoms with van der Waals surface area (Å²) in [5.74, 6) is -0.186. The molecular formula is C36H62O9. The van der Waals surface area contributed by atoms with Gasteiger partial charge in [0.15, 0.2) is 6.29 Å². The topological polar surface area (TPSA) is 160 Å². The highest BCUT2D eigenvalue weighted by atomic mass is 16.7. The average Bonchev–Trinajstić information content (AvgIpc) is 3.33. The predicted molar refractivity (Wildman–Crippen MR) is 170 cm³/mol. The van der Waals surface area contributed by atoms with Gasteiger partial charge in [-0.2, -0.15) is 0 Å². The van der Waals surface area contributed by atoms with Crippen LogP contribution in [0.3, 0.4) is 0 Å². The van der Waals surface area contributed by atoms with Crippen molar-refractivity contribution >= 4 is 0 Å². The molecule has 0 spiro atoms. The highest BCUT2D eigenvalue weighted by molar-refractivity contribution is 5.22. The van der Waals surface area contributed by atoms with E-state index in [-0.39, 0.29) is 39.9 Å². The summed E-state index contributed by atoms with van der Waals surface area (Å²) in [6.07, 6.45) is -0.603. The van der Waals surface area contributed by atoms with Gasteiger partial charge >= 0.3 is 0 Å². The fourth-order valence-electron chi connectivity index (χ4n) is 11.9. The van der Waals surface area contributed by atoms with Crippen LogP contribution in [-0.2, 0) is 9.47 Å². The van der Waals surface area contributed by atoms with Crippen molar-refractivity contribution in [1.29, 1.82) is 0 Å². The Bertz CT molecular complexity index is 1100. The fraction of sp³-hybridized carbons (Fsp3) is 0.944. The molecule has 0 aromatic heterocycles. The van der Waals surface area contributed by atoms with Crippen LogP contribution in [-0.4, -0.2) is 97.0 Å². The van der Waals surface area contributed by atoms with Gasteiger partial charge in [0.05, 0.1) is 30.5 Å². The van der Waals surface area contributed by atoms with Crippen molar-refractivity contribution in [3.63, 3.8) is 0 Å². The lowest BCUT2D eigenvalue weighted by Gasteiger charge is -2.72. The molecule has 260 valence electrons. The minimum atomic E-state index is -1.54. The van der Waals surface area contributed by atoms with Crippen LogP contribution in [0.15, 0.2) is 11.6 Å². The molecule has 1 aliphatic heterocycles. The van der Waals surface area contributed by atoms with Gasteiger partial charge < -0.3 is 45.2 Å². The maximum Gasteiger partial charge on any atom is 0.186 e. The van der Waals surface area contributed by atoms with Gasteiger partial charge in [-0.15, -0.1) is 0 Å². The van der Waals surface area contributed by atoms with Crippen molar-refractivity contribution in [2.45, 2.75) is 161 Å². The minimum Gasteiger partial charge on any atom is -0.394 e. The molecule has 0 radical (unpaired) electrons. The summed E-state index contributed by atoms with van der Waals surface area (Å²) in [5.41, 5.74) is -1.21. The van der Waals surface area contributed by atoms with Crippen LogP contribution < -0.4 is 0 Å². The molecule has 0 aromatic rings. The van der Waals surface area contributed by atoms with Crippen LogP contribution in [0.25, 0.3) is 0 Å². The van der Waals surface area contributed by atoms with Crippen molar-refractivity contribution in [1.82, 2.24) is 0 Å². The highest BCUT2D eigenvalue weighted by Crippen LogP contribution is 2.76. The number of aliphatic hydroxyl groups is 7. The Morgan fingerprint density at radius 2 is 1.60 bits per heavy atom. The Hall–Kier alpha value is -0.620. The molecule has 1 saturated heterocycles. The average molecular weight is 639 g/mol. The summed E-state index contributed by atoms with van der Waals surface area (Å²) in [4.78, 5) is 0. The first-order chi connectivity index (χ1) is 20.8. The smallest absolute Gasteiger partial charge is 0.186 e. The highest BCUT2D eigenvalue weighted by Gasteiger charge is 2.73. The quantitative estimate of drug-likeness (QED) is 0.164. The first kappa shape index (κ1) is 35.7. The molecule has 45 heavy (non-hydrogen) atoms. The molecule has 5 aliphatic rings. The molecule has 9 nitrogen and oxygen atoms in total. The van der Waals surface area contributed by atoms with E-state index < -0.39 is 66.6 Å². The van der Waals surface area contributed by atoms with Gasteiger partial charge in [-0.05, 0) is 117 Å². The SMILES string of the molecule is CC(C)=CCC[C@](C)(O)C1CC[C@]2(C)C1[C@H](O)C[C@@H]1[C@@]3(C)CC[C@H](O)C(C)(C)[C@@H]3[C@@H](O[C@@H]3O[C@H](CO)[C@@H](O)[C@H](O)[C@H]3O)C[C@]12C. The van der Waals surface area contributed by atoms with Crippen LogP contribution in [0.5, 0.6) is 0 Å². The third-order valence-electron chi connectivity index (χ3n) is 14.4. The predicted octanol–water partition coefficient (Wildman–Crippen LogP) is 3.30. The Kier molecular flexibility index (Phi) is 9.56. The Labute approximate surface area is 270 Å². The van der Waals surface area contributed by atoms with Gasteiger partial charge in [-0.1, -0.05) is 46.3 Å². The lowest BCUT2D eigenvalue weighted by Crippen LogP contribution is -2.71. The van der Waals surface area contributed by atoms with Gasteiger partial charge in [0, 0.05) is 0 Å². The van der Waals surface area contributed by atoms with Crippen LogP contribution in [0.2, 0.25) is 0 Å². The Balaban J connectivity index is 1.54. The van der Waals surface area contributed by atoms with Gasteiger partial charge in [0.2, 0.25) is 0 Å². The lowest BCUT2D eigenvalue weighted by atomic mass is 9.34. The van der Waals surface area contributed by atoms with Crippen LogP contribution in [0, 0.1) is 45.3 Å². The van der Waals surface area contributed by atoms with E-state index in [0.29, 0.717) is 25.7 Å². The number of allylic oxidation sites excluding steroid dienone is 2. The van der Waals surface area contributed by atoms with Gasteiger partial charge in [0.1, 0.15) is 24.4 Å². The molecule has 0 amide bonds. The molecule has 9 heteroatoms. The van der Waals surface area contributed by atoms with E-state index in [2.05, 4.69) is 54.5 Å². The monoisotopic (exact) mass is 638 g/mol. The van der Waals surface area contributed by atoms with Gasteiger partial charge in [-0.3, -0.25) is 0 Å². The second-order valence-corrected chi connectivity index (χ2v) is 17.5. The number of rotatable bonds is 7. The molecule has 5 rings (SSSR count). The van der Waals surface area contributed by atoms with Gasteiger partial charge in [-0.25, -0.2) is 0 Å². The molecule has 1 heterocycles. The van der Waals surface area contributed by atoms with Crippen molar-refractivity contribution in [3.05, 3.63) is 11.6 Å². The maximum atomic E-state index is 12.1. The number of aliphatic hydroxyl groups excluding tert-OH is 6.